The topological polar surface area (TPSA) is 63.7 Å². The van der Waals surface area contributed by atoms with Crippen molar-refractivity contribution in [2.75, 3.05) is 20.8 Å². The Morgan fingerprint density at radius 1 is 1.18 bits per heavy atom. The lowest BCUT2D eigenvalue weighted by Gasteiger charge is -2.36. The van der Waals surface area contributed by atoms with Gasteiger partial charge in [0, 0.05) is 36.6 Å². The number of amides is 2. The van der Waals surface area contributed by atoms with Gasteiger partial charge in [-0.1, -0.05) is 18.2 Å². The molecule has 0 aliphatic carbocycles. The summed E-state index contributed by atoms with van der Waals surface area (Å²) in [5.41, 5.74) is 1.98. The van der Waals surface area contributed by atoms with Gasteiger partial charge >= 0.3 is 6.03 Å². The number of pyridine rings is 1. The summed E-state index contributed by atoms with van der Waals surface area (Å²) >= 11 is 0. The number of para-hydroxylation sites is 1. The number of aryl methyl sites for hydroxylation is 1. The highest BCUT2D eigenvalue weighted by atomic mass is 16.5. The average Bonchev–Trinajstić information content (AvgIpc) is 2.76. The Kier molecular flexibility index (Phi) is 7.12. The van der Waals surface area contributed by atoms with Crippen molar-refractivity contribution in [1.29, 1.82) is 0 Å². The lowest BCUT2D eigenvalue weighted by Crippen LogP contribution is -2.48. The maximum absolute atomic E-state index is 12.9. The number of rotatable bonds is 7. The van der Waals surface area contributed by atoms with Crippen LogP contribution >= 0.6 is 0 Å². The number of nitrogens with one attached hydrogen (secondary N) is 1. The van der Waals surface area contributed by atoms with Gasteiger partial charge < -0.3 is 19.7 Å². The van der Waals surface area contributed by atoms with Crippen molar-refractivity contribution in [3.63, 3.8) is 0 Å². The minimum absolute atomic E-state index is 0.0180. The molecule has 1 aromatic carbocycles. The second-order valence-corrected chi connectivity index (χ2v) is 7.01. The van der Waals surface area contributed by atoms with E-state index in [1.54, 1.807) is 14.2 Å². The van der Waals surface area contributed by atoms with Crippen LogP contribution in [0.5, 0.6) is 11.5 Å². The molecule has 1 saturated heterocycles. The van der Waals surface area contributed by atoms with Crippen LogP contribution in [0.25, 0.3) is 0 Å². The third kappa shape index (κ3) is 4.94. The molecule has 2 aromatic rings. The molecule has 0 spiro atoms. The first kappa shape index (κ1) is 20.0. The molecule has 2 amide bonds. The molecule has 6 nitrogen and oxygen atoms in total. The predicted molar refractivity (Wildman–Crippen MR) is 109 cm³/mol. The fourth-order valence-electron chi connectivity index (χ4n) is 3.79. The summed E-state index contributed by atoms with van der Waals surface area (Å²) in [4.78, 5) is 19.3. The smallest absolute Gasteiger partial charge is 0.317 e. The number of aromatic nitrogens is 1. The normalized spacial score (nSPS) is 16.5. The summed E-state index contributed by atoms with van der Waals surface area (Å²) in [6.45, 7) is 1.20. The van der Waals surface area contributed by atoms with E-state index in [0.29, 0.717) is 18.0 Å². The Morgan fingerprint density at radius 3 is 2.82 bits per heavy atom. The van der Waals surface area contributed by atoms with Crippen molar-refractivity contribution in [1.82, 2.24) is 15.2 Å². The highest BCUT2D eigenvalue weighted by Gasteiger charge is 2.26. The molecule has 0 radical (unpaired) electrons. The number of hydrogen-bond acceptors (Lipinski definition) is 4. The number of benzene rings is 1. The summed E-state index contributed by atoms with van der Waals surface area (Å²) in [6.07, 6.45) is 6.91. The number of urea groups is 1. The van der Waals surface area contributed by atoms with E-state index >= 15 is 0 Å². The van der Waals surface area contributed by atoms with Gasteiger partial charge in [0.25, 0.3) is 0 Å². The largest absolute Gasteiger partial charge is 0.493 e. The Bertz CT molecular complexity index is 767. The summed E-state index contributed by atoms with van der Waals surface area (Å²) in [6, 6.07) is 11.9. The molecule has 0 bridgehead atoms. The van der Waals surface area contributed by atoms with Crippen LogP contribution in [0.2, 0.25) is 0 Å². The van der Waals surface area contributed by atoms with Crippen LogP contribution in [-0.4, -0.2) is 42.7 Å². The van der Waals surface area contributed by atoms with E-state index in [-0.39, 0.29) is 12.1 Å². The Morgan fingerprint density at radius 2 is 2.07 bits per heavy atom. The van der Waals surface area contributed by atoms with Crippen LogP contribution in [0.1, 0.15) is 36.9 Å². The van der Waals surface area contributed by atoms with Crippen LogP contribution in [0.3, 0.4) is 0 Å². The highest BCUT2D eigenvalue weighted by Crippen LogP contribution is 2.30. The Balaban J connectivity index is 1.60. The van der Waals surface area contributed by atoms with Crippen molar-refractivity contribution < 1.29 is 14.3 Å². The molecule has 1 N–H and O–H groups in total. The van der Waals surface area contributed by atoms with Crippen LogP contribution in [0.15, 0.2) is 42.6 Å². The number of nitrogens with zero attached hydrogens (tertiary/aromatic N) is 2. The zero-order chi connectivity index (χ0) is 19.8. The van der Waals surface area contributed by atoms with E-state index in [2.05, 4.69) is 10.3 Å². The third-order valence-electron chi connectivity index (χ3n) is 5.26. The molecule has 0 unspecified atom stereocenters. The van der Waals surface area contributed by atoms with Gasteiger partial charge in [0.2, 0.25) is 0 Å². The van der Waals surface area contributed by atoms with E-state index < -0.39 is 0 Å². The van der Waals surface area contributed by atoms with Gasteiger partial charge in [-0.05, 0) is 50.3 Å². The summed E-state index contributed by atoms with van der Waals surface area (Å²) in [7, 11) is 3.22. The van der Waals surface area contributed by atoms with Gasteiger partial charge in [-0.2, -0.15) is 0 Å². The highest BCUT2D eigenvalue weighted by molar-refractivity contribution is 5.74. The maximum atomic E-state index is 12.9. The van der Waals surface area contributed by atoms with Gasteiger partial charge in [-0.15, -0.1) is 0 Å². The Hall–Kier alpha value is -2.76. The molecule has 6 heteroatoms. The fourth-order valence-corrected chi connectivity index (χ4v) is 3.79. The number of likely N-dealkylation sites (tertiary alicyclic amines) is 1. The van der Waals surface area contributed by atoms with E-state index in [0.717, 1.165) is 43.5 Å². The van der Waals surface area contributed by atoms with Crippen LogP contribution in [-0.2, 0) is 13.0 Å². The van der Waals surface area contributed by atoms with Crippen molar-refractivity contribution in [3.8, 4) is 11.5 Å². The maximum Gasteiger partial charge on any atom is 0.317 e. The molecule has 2 heterocycles. The van der Waals surface area contributed by atoms with E-state index in [4.69, 9.17) is 9.47 Å². The summed E-state index contributed by atoms with van der Waals surface area (Å²) in [5.74, 6) is 1.33. The monoisotopic (exact) mass is 383 g/mol. The molecule has 1 aromatic heterocycles. The minimum atomic E-state index is -0.0180. The summed E-state index contributed by atoms with van der Waals surface area (Å²) in [5, 5.41) is 3.06. The van der Waals surface area contributed by atoms with E-state index in [1.807, 2.05) is 47.5 Å². The zero-order valence-corrected chi connectivity index (χ0v) is 16.7. The number of carbonyl (C=O) groups is 1. The SMILES string of the molecule is COc1cccc(CNC(=O)N2CCCC[C@@H]2CCc2ccccn2)c1OC. The standard InChI is InChI=1S/C22H29N3O3/c1-27-20-11-7-8-17(21(20)28-2)16-24-22(26)25-15-6-4-10-19(25)13-12-18-9-3-5-14-23-18/h3,5,7-9,11,14,19H,4,6,10,12-13,15-16H2,1-2H3,(H,24,26)/t19-/m1/s1. The van der Waals surface area contributed by atoms with E-state index in [1.165, 1.54) is 6.42 Å². The number of methoxy groups -OCH3 is 2. The second kappa shape index (κ2) is 9.97. The van der Waals surface area contributed by atoms with Crippen molar-refractivity contribution in [2.24, 2.45) is 0 Å². The number of carbonyl (C=O) groups excluding carboxylic acids is 1. The van der Waals surface area contributed by atoms with Gasteiger partial charge in [0.15, 0.2) is 11.5 Å². The van der Waals surface area contributed by atoms with Crippen LogP contribution in [0.4, 0.5) is 4.79 Å². The molecule has 0 saturated carbocycles. The van der Waals surface area contributed by atoms with Crippen molar-refractivity contribution >= 4 is 6.03 Å². The second-order valence-electron chi connectivity index (χ2n) is 7.01. The van der Waals surface area contributed by atoms with Gasteiger partial charge in [-0.25, -0.2) is 4.79 Å². The summed E-state index contributed by atoms with van der Waals surface area (Å²) < 4.78 is 10.8. The number of hydrogen-bond donors (Lipinski definition) is 1. The molecule has 1 aliphatic rings. The van der Waals surface area contributed by atoms with Crippen molar-refractivity contribution in [3.05, 3.63) is 53.9 Å². The number of ether oxygens (including phenoxy) is 2. The quantitative estimate of drug-likeness (QED) is 0.790. The van der Waals surface area contributed by atoms with Crippen LogP contribution < -0.4 is 14.8 Å². The predicted octanol–water partition coefficient (Wildman–Crippen LogP) is 3.80. The molecule has 1 atom stereocenters. The van der Waals surface area contributed by atoms with Crippen LogP contribution in [0, 0.1) is 0 Å². The van der Waals surface area contributed by atoms with Gasteiger partial charge in [-0.3, -0.25) is 4.98 Å². The average molecular weight is 383 g/mol. The first-order valence-corrected chi connectivity index (χ1v) is 9.87. The Labute approximate surface area is 166 Å². The molecule has 3 rings (SSSR count). The van der Waals surface area contributed by atoms with E-state index in [9.17, 15) is 4.79 Å². The molecular formula is C22H29N3O3. The minimum Gasteiger partial charge on any atom is -0.493 e. The van der Waals surface area contributed by atoms with Crippen molar-refractivity contribution in [2.45, 2.75) is 44.7 Å². The number of piperidine rings is 1. The molecule has 28 heavy (non-hydrogen) atoms. The fraction of sp³-hybridized carbons (Fsp3) is 0.455. The lowest BCUT2D eigenvalue weighted by molar-refractivity contribution is 0.146. The first-order chi connectivity index (χ1) is 13.7. The molecule has 150 valence electrons. The third-order valence-corrected chi connectivity index (χ3v) is 5.26. The molecular weight excluding hydrogens is 354 g/mol. The van der Waals surface area contributed by atoms with Gasteiger partial charge in [0.1, 0.15) is 0 Å². The lowest BCUT2D eigenvalue weighted by atomic mass is 9.97. The molecule has 1 fully saturated rings. The van der Waals surface area contributed by atoms with Gasteiger partial charge in [0.05, 0.1) is 14.2 Å². The zero-order valence-electron chi connectivity index (χ0n) is 16.7. The molecule has 1 aliphatic heterocycles. The first-order valence-electron chi connectivity index (χ1n) is 9.87.